The SMILES string of the molecule is O=C(CCC1CCCC1)NC1(C(F)(F)F)C(=O)Nc2nc3c(F)c(F)ccc3n21. The third kappa shape index (κ3) is 2.94. The number of imidazole rings is 1. The standard InChI is InChI=1S/C18H17F5N4O2/c19-10-6-7-11-14(13(10)20)24-16-25-15(29)17(27(11)16,18(21,22)23)26-12(28)8-5-9-3-1-2-4-9/h6-7,9H,1-5,8H2,(H,26,28)(H,24,25,29). The Bertz CT molecular complexity index is 996. The number of halogens is 5. The van der Waals surface area contributed by atoms with E-state index in [2.05, 4.69) is 4.98 Å². The van der Waals surface area contributed by atoms with Crippen LogP contribution in [0, 0.1) is 17.6 Å². The number of aromatic nitrogens is 2. The average Bonchev–Trinajstić information content (AvgIpc) is 3.33. The van der Waals surface area contributed by atoms with Crippen LogP contribution in [0.25, 0.3) is 11.0 Å². The number of nitrogens with one attached hydrogen (secondary N) is 2. The molecule has 1 aromatic carbocycles. The van der Waals surface area contributed by atoms with E-state index in [-0.39, 0.29) is 12.3 Å². The maximum Gasteiger partial charge on any atom is 0.440 e. The Morgan fingerprint density at radius 2 is 1.97 bits per heavy atom. The van der Waals surface area contributed by atoms with Crippen molar-refractivity contribution in [3.8, 4) is 0 Å². The molecule has 29 heavy (non-hydrogen) atoms. The summed E-state index contributed by atoms with van der Waals surface area (Å²) >= 11 is 0. The summed E-state index contributed by atoms with van der Waals surface area (Å²) in [5.74, 6) is -5.61. The van der Waals surface area contributed by atoms with E-state index in [9.17, 15) is 31.5 Å². The fraction of sp³-hybridized carbons (Fsp3) is 0.500. The number of carbonyl (C=O) groups is 2. The van der Waals surface area contributed by atoms with Gasteiger partial charge >= 0.3 is 6.18 Å². The Balaban J connectivity index is 1.74. The van der Waals surface area contributed by atoms with Crippen LogP contribution in [-0.4, -0.2) is 27.5 Å². The number of carbonyl (C=O) groups excluding carboxylic acids is 2. The molecule has 4 rings (SSSR count). The van der Waals surface area contributed by atoms with Gasteiger partial charge in [0.05, 0.1) is 5.52 Å². The van der Waals surface area contributed by atoms with Crippen molar-refractivity contribution in [1.82, 2.24) is 14.9 Å². The van der Waals surface area contributed by atoms with Crippen LogP contribution in [0.4, 0.5) is 27.9 Å². The van der Waals surface area contributed by atoms with E-state index in [1.807, 2.05) is 5.32 Å². The van der Waals surface area contributed by atoms with Gasteiger partial charge in [0, 0.05) is 6.42 Å². The van der Waals surface area contributed by atoms with Crippen molar-refractivity contribution >= 4 is 28.8 Å². The van der Waals surface area contributed by atoms with Crippen LogP contribution < -0.4 is 10.6 Å². The molecule has 0 bridgehead atoms. The van der Waals surface area contributed by atoms with Crippen LogP contribution in [0.15, 0.2) is 12.1 Å². The zero-order chi connectivity index (χ0) is 21.0. The fourth-order valence-corrected chi connectivity index (χ4v) is 4.14. The van der Waals surface area contributed by atoms with Crippen molar-refractivity contribution in [3.63, 3.8) is 0 Å². The highest BCUT2D eigenvalue weighted by Gasteiger charge is 2.67. The average molecular weight is 416 g/mol. The number of rotatable bonds is 4. The van der Waals surface area contributed by atoms with Crippen LogP contribution in [-0.2, 0) is 15.3 Å². The van der Waals surface area contributed by atoms with Gasteiger partial charge in [0.15, 0.2) is 11.6 Å². The minimum absolute atomic E-state index is 0.180. The van der Waals surface area contributed by atoms with Crippen molar-refractivity contribution in [1.29, 1.82) is 0 Å². The number of benzene rings is 1. The second-order valence-electron chi connectivity index (χ2n) is 7.40. The van der Waals surface area contributed by atoms with Crippen molar-refractivity contribution in [2.24, 2.45) is 5.92 Å². The molecule has 2 heterocycles. The molecule has 11 heteroatoms. The number of anilines is 1. The largest absolute Gasteiger partial charge is 0.440 e. The van der Waals surface area contributed by atoms with Gasteiger partial charge < -0.3 is 5.32 Å². The van der Waals surface area contributed by atoms with Crippen molar-refractivity contribution in [2.75, 3.05) is 5.32 Å². The van der Waals surface area contributed by atoms with Crippen molar-refractivity contribution in [2.45, 2.75) is 50.4 Å². The smallest absolute Gasteiger partial charge is 0.317 e. The van der Waals surface area contributed by atoms with Gasteiger partial charge in [0.1, 0.15) is 5.52 Å². The molecule has 2 N–H and O–H groups in total. The molecule has 1 saturated carbocycles. The summed E-state index contributed by atoms with van der Waals surface area (Å²) in [6.07, 6.45) is -1.15. The molecular formula is C18H17F5N4O2. The maximum absolute atomic E-state index is 14.1. The molecule has 1 aromatic heterocycles. The Morgan fingerprint density at radius 1 is 1.28 bits per heavy atom. The molecule has 2 aromatic rings. The molecule has 0 spiro atoms. The second kappa shape index (κ2) is 6.67. The molecule has 1 atom stereocenters. The van der Waals surface area contributed by atoms with Gasteiger partial charge in [-0.05, 0) is 24.5 Å². The van der Waals surface area contributed by atoms with E-state index < -0.39 is 52.3 Å². The predicted molar refractivity (Wildman–Crippen MR) is 91.6 cm³/mol. The molecule has 2 aliphatic rings. The Hall–Kier alpha value is -2.72. The van der Waals surface area contributed by atoms with Crippen molar-refractivity contribution < 1.29 is 31.5 Å². The van der Waals surface area contributed by atoms with Crippen LogP contribution in [0.3, 0.4) is 0 Å². The summed E-state index contributed by atoms with van der Waals surface area (Å²) in [6.45, 7) is 0. The van der Waals surface area contributed by atoms with E-state index in [4.69, 9.17) is 0 Å². The number of fused-ring (bicyclic) bond motifs is 3. The molecule has 1 unspecified atom stereocenters. The van der Waals surface area contributed by atoms with Gasteiger partial charge in [-0.2, -0.15) is 13.2 Å². The molecule has 2 amide bonds. The summed E-state index contributed by atoms with van der Waals surface area (Å²) < 4.78 is 70.3. The number of alkyl halides is 3. The zero-order valence-corrected chi connectivity index (χ0v) is 15.1. The molecule has 0 saturated heterocycles. The summed E-state index contributed by atoms with van der Waals surface area (Å²) in [4.78, 5) is 28.4. The predicted octanol–water partition coefficient (Wildman–Crippen LogP) is 3.57. The highest BCUT2D eigenvalue weighted by atomic mass is 19.4. The molecule has 156 valence electrons. The van der Waals surface area contributed by atoms with E-state index in [0.717, 1.165) is 31.7 Å². The highest BCUT2D eigenvalue weighted by molar-refractivity contribution is 6.05. The first kappa shape index (κ1) is 19.6. The fourth-order valence-electron chi connectivity index (χ4n) is 4.14. The molecular weight excluding hydrogens is 399 g/mol. The van der Waals surface area contributed by atoms with Gasteiger partial charge in [0.2, 0.25) is 11.9 Å². The minimum Gasteiger partial charge on any atom is -0.317 e. The topological polar surface area (TPSA) is 76.0 Å². The lowest BCUT2D eigenvalue weighted by molar-refractivity contribution is -0.217. The quantitative estimate of drug-likeness (QED) is 0.749. The summed E-state index contributed by atoms with van der Waals surface area (Å²) in [5.41, 5.74) is -4.63. The minimum atomic E-state index is -5.26. The summed E-state index contributed by atoms with van der Waals surface area (Å²) in [5, 5.41) is 3.73. The van der Waals surface area contributed by atoms with Crippen LogP contribution >= 0.6 is 0 Å². The van der Waals surface area contributed by atoms with Crippen LogP contribution in [0.2, 0.25) is 0 Å². The highest BCUT2D eigenvalue weighted by Crippen LogP contribution is 2.44. The van der Waals surface area contributed by atoms with E-state index in [1.54, 1.807) is 5.32 Å². The first-order valence-corrected chi connectivity index (χ1v) is 9.21. The third-order valence-electron chi connectivity index (χ3n) is 5.59. The number of hydrogen-bond donors (Lipinski definition) is 2. The van der Waals surface area contributed by atoms with Crippen LogP contribution in [0.1, 0.15) is 38.5 Å². The number of nitrogens with zero attached hydrogens (tertiary/aromatic N) is 2. The van der Waals surface area contributed by atoms with Gasteiger partial charge in [-0.3, -0.25) is 19.5 Å². The molecule has 1 aliphatic carbocycles. The molecule has 1 aliphatic heterocycles. The normalized spacial score (nSPS) is 22.2. The zero-order valence-electron chi connectivity index (χ0n) is 15.1. The lowest BCUT2D eigenvalue weighted by atomic mass is 10.0. The monoisotopic (exact) mass is 416 g/mol. The summed E-state index contributed by atoms with van der Waals surface area (Å²) in [7, 11) is 0. The first-order chi connectivity index (χ1) is 13.6. The van der Waals surface area contributed by atoms with Gasteiger partial charge in [-0.1, -0.05) is 25.7 Å². The Labute approximate surface area is 161 Å². The van der Waals surface area contributed by atoms with Crippen LogP contribution in [0.5, 0.6) is 0 Å². The second-order valence-corrected chi connectivity index (χ2v) is 7.40. The molecule has 6 nitrogen and oxygen atoms in total. The van der Waals surface area contributed by atoms with E-state index in [0.29, 0.717) is 17.1 Å². The van der Waals surface area contributed by atoms with E-state index in [1.165, 1.54) is 0 Å². The molecule has 1 fully saturated rings. The summed E-state index contributed by atoms with van der Waals surface area (Å²) in [6, 6.07) is 1.52. The lowest BCUT2D eigenvalue weighted by Gasteiger charge is -2.32. The van der Waals surface area contributed by atoms with Crippen molar-refractivity contribution in [3.05, 3.63) is 23.8 Å². The first-order valence-electron chi connectivity index (χ1n) is 9.21. The van der Waals surface area contributed by atoms with Gasteiger partial charge in [0.25, 0.3) is 11.6 Å². The maximum atomic E-state index is 14.1. The Kier molecular flexibility index (Phi) is 4.50. The number of hydrogen-bond acceptors (Lipinski definition) is 3. The lowest BCUT2D eigenvalue weighted by Crippen LogP contribution is -2.63. The van der Waals surface area contributed by atoms with Gasteiger partial charge in [-0.25, -0.2) is 13.8 Å². The number of amides is 2. The Morgan fingerprint density at radius 3 is 2.62 bits per heavy atom. The van der Waals surface area contributed by atoms with E-state index >= 15 is 0 Å². The molecule has 0 radical (unpaired) electrons. The third-order valence-corrected chi connectivity index (χ3v) is 5.59. The van der Waals surface area contributed by atoms with Gasteiger partial charge in [-0.15, -0.1) is 0 Å².